The van der Waals surface area contributed by atoms with Crippen molar-refractivity contribution in [3.63, 3.8) is 0 Å². The van der Waals surface area contributed by atoms with E-state index in [1.54, 1.807) is 32.4 Å². The van der Waals surface area contributed by atoms with E-state index in [2.05, 4.69) is 5.32 Å². The standard InChI is InChI=1S/C25H22ClN3O3S/c1-31-22-10-6-3-7-16(22)13-21-25(29-20-9-5-4-8-19(20)28-21)33-15-24(30)27-17-11-12-23(32-2)18(26)14-17/h3-12,14H,13,15H2,1-2H3,(H,27,30). The van der Waals surface area contributed by atoms with Gasteiger partial charge >= 0.3 is 0 Å². The number of carbonyl (C=O) groups excluding carboxylic acids is 1. The lowest BCUT2D eigenvalue weighted by Crippen LogP contribution is -2.14. The van der Waals surface area contributed by atoms with Crippen LogP contribution in [0.1, 0.15) is 11.3 Å². The Hall–Kier alpha value is -3.29. The van der Waals surface area contributed by atoms with E-state index in [0.29, 0.717) is 27.9 Å². The SMILES string of the molecule is COc1ccc(NC(=O)CSc2nc3ccccc3nc2Cc2ccccc2OC)cc1Cl. The number of rotatable bonds is 8. The Morgan fingerprint density at radius 3 is 2.36 bits per heavy atom. The topological polar surface area (TPSA) is 73.3 Å². The van der Waals surface area contributed by atoms with E-state index in [1.165, 1.54) is 11.8 Å². The Bertz CT molecular complexity index is 1300. The van der Waals surface area contributed by atoms with E-state index in [-0.39, 0.29) is 11.7 Å². The summed E-state index contributed by atoms with van der Waals surface area (Å²) in [5, 5.41) is 4.00. The first-order chi connectivity index (χ1) is 16.1. The molecule has 0 aliphatic rings. The van der Waals surface area contributed by atoms with Gasteiger partial charge in [-0.25, -0.2) is 9.97 Å². The molecule has 1 amide bonds. The van der Waals surface area contributed by atoms with Crippen LogP contribution in [0, 0.1) is 0 Å². The molecule has 1 aromatic heterocycles. The van der Waals surface area contributed by atoms with Gasteiger partial charge in [0, 0.05) is 17.7 Å². The maximum atomic E-state index is 12.6. The van der Waals surface area contributed by atoms with Gasteiger partial charge in [-0.05, 0) is 36.4 Å². The zero-order valence-corrected chi connectivity index (χ0v) is 19.7. The van der Waals surface area contributed by atoms with Crippen molar-refractivity contribution in [3.05, 3.63) is 83.0 Å². The van der Waals surface area contributed by atoms with Crippen molar-refractivity contribution in [2.45, 2.75) is 11.4 Å². The molecule has 8 heteroatoms. The minimum atomic E-state index is -0.167. The smallest absolute Gasteiger partial charge is 0.234 e. The molecule has 0 fully saturated rings. The fourth-order valence-corrected chi connectivity index (χ4v) is 4.40. The van der Waals surface area contributed by atoms with E-state index in [0.717, 1.165) is 28.0 Å². The van der Waals surface area contributed by atoms with E-state index in [9.17, 15) is 4.79 Å². The summed E-state index contributed by atoms with van der Waals surface area (Å²) >= 11 is 7.50. The molecule has 33 heavy (non-hydrogen) atoms. The van der Waals surface area contributed by atoms with Gasteiger partial charge in [-0.2, -0.15) is 0 Å². The maximum absolute atomic E-state index is 12.6. The highest BCUT2D eigenvalue weighted by Crippen LogP contribution is 2.29. The molecule has 0 atom stereocenters. The van der Waals surface area contributed by atoms with Crippen molar-refractivity contribution >= 4 is 46.0 Å². The molecule has 1 N–H and O–H groups in total. The Morgan fingerprint density at radius 1 is 0.939 bits per heavy atom. The van der Waals surface area contributed by atoms with Crippen LogP contribution >= 0.6 is 23.4 Å². The number of fused-ring (bicyclic) bond motifs is 1. The summed E-state index contributed by atoms with van der Waals surface area (Å²) in [6.45, 7) is 0. The third-order valence-electron chi connectivity index (χ3n) is 4.93. The molecule has 4 rings (SSSR count). The number of methoxy groups -OCH3 is 2. The number of nitrogens with one attached hydrogen (secondary N) is 1. The Morgan fingerprint density at radius 2 is 1.64 bits per heavy atom. The number of halogens is 1. The maximum Gasteiger partial charge on any atom is 0.234 e. The zero-order valence-electron chi connectivity index (χ0n) is 18.2. The lowest BCUT2D eigenvalue weighted by atomic mass is 10.1. The molecule has 0 aliphatic carbocycles. The number of anilines is 1. The Kier molecular flexibility index (Phi) is 7.32. The normalized spacial score (nSPS) is 10.8. The number of nitrogens with zero attached hydrogens (tertiary/aromatic N) is 2. The average Bonchev–Trinajstić information content (AvgIpc) is 2.83. The van der Waals surface area contributed by atoms with Gasteiger partial charge in [0.15, 0.2) is 0 Å². The molecule has 0 saturated carbocycles. The number of thioether (sulfide) groups is 1. The van der Waals surface area contributed by atoms with Crippen LogP contribution in [0.2, 0.25) is 5.02 Å². The second kappa shape index (κ2) is 10.6. The highest BCUT2D eigenvalue weighted by atomic mass is 35.5. The van der Waals surface area contributed by atoms with Gasteiger partial charge in [-0.1, -0.05) is 53.7 Å². The van der Waals surface area contributed by atoms with Crippen LogP contribution < -0.4 is 14.8 Å². The summed E-state index contributed by atoms with van der Waals surface area (Å²) in [6, 6.07) is 20.6. The predicted octanol–water partition coefficient (Wildman–Crippen LogP) is 5.62. The zero-order chi connectivity index (χ0) is 23.2. The summed E-state index contributed by atoms with van der Waals surface area (Å²) in [4.78, 5) is 22.2. The molecule has 0 aliphatic heterocycles. The molecule has 0 saturated heterocycles. The monoisotopic (exact) mass is 479 g/mol. The van der Waals surface area contributed by atoms with Crippen molar-refractivity contribution in [1.82, 2.24) is 9.97 Å². The number of carbonyl (C=O) groups is 1. The van der Waals surface area contributed by atoms with Crippen molar-refractivity contribution in [2.24, 2.45) is 0 Å². The predicted molar refractivity (Wildman–Crippen MR) is 133 cm³/mol. The number of hydrogen-bond donors (Lipinski definition) is 1. The van der Waals surface area contributed by atoms with Gasteiger partial charge < -0.3 is 14.8 Å². The van der Waals surface area contributed by atoms with Crippen molar-refractivity contribution < 1.29 is 14.3 Å². The van der Waals surface area contributed by atoms with Gasteiger partial charge in [0.25, 0.3) is 0 Å². The second-order valence-corrected chi connectivity index (χ2v) is 8.51. The lowest BCUT2D eigenvalue weighted by molar-refractivity contribution is -0.113. The molecule has 1 heterocycles. The third-order valence-corrected chi connectivity index (χ3v) is 6.23. The number of amides is 1. The third kappa shape index (κ3) is 5.56. The molecular weight excluding hydrogens is 458 g/mol. The molecule has 0 spiro atoms. The fourth-order valence-electron chi connectivity index (χ4n) is 3.36. The lowest BCUT2D eigenvalue weighted by Gasteiger charge is -2.12. The number of hydrogen-bond acceptors (Lipinski definition) is 6. The molecule has 3 aromatic carbocycles. The minimum absolute atomic E-state index is 0.167. The Labute approximate surface area is 201 Å². The van der Waals surface area contributed by atoms with Crippen LogP contribution in [-0.2, 0) is 11.2 Å². The summed E-state index contributed by atoms with van der Waals surface area (Å²) in [5.41, 5.74) is 3.99. The number of benzene rings is 3. The van der Waals surface area contributed by atoms with E-state index < -0.39 is 0 Å². The van der Waals surface area contributed by atoms with E-state index in [1.807, 2.05) is 48.5 Å². The van der Waals surface area contributed by atoms with Crippen LogP contribution in [0.5, 0.6) is 11.5 Å². The van der Waals surface area contributed by atoms with Crippen LogP contribution in [0.15, 0.2) is 71.8 Å². The molecule has 0 bridgehead atoms. The summed E-state index contributed by atoms with van der Waals surface area (Å²) in [7, 11) is 3.19. The van der Waals surface area contributed by atoms with Gasteiger partial charge in [0.05, 0.1) is 41.7 Å². The Balaban J connectivity index is 1.55. The molecule has 4 aromatic rings. The van der Waals surface area contributed by atoms with Gasteiger partial charge in [0.1, 0.15) is 16.5 Å². The minimum Gasteiger partial charge on any atom is -0.496 e. The van der Waals surface area contributed by atoms with Crippen LogP contribution in [0.25, 0.3) is 11.0 Å². The summed E-state index contributed by atoms with van der Waals surface area (Å²) in [5.74, 6) is 1.35. The van der Waals surface area contributed by atoms with E-state index >= 15 is 0 Å². The molecule has 6 nitrogen and oxygen atoms in total. The van der Waals surface area contributed by atoms with Gasteiger partial charge in [-0.3, -0.25) is 4.79 Å². The van der Waals surface area contributed by atoms with Crippen molar-refractivity contribution in [2.75, 3.05) is 25.3 Å². The quantitative estimate of drug-likeness (QED) is 0.330. The number of aromatic nitrogens is 2. The average molecular weight is 480 g/mol. The first-order valence-corrected chi connectivity index (χ1v) is 11.6. The van der Waals surface area contributed by atoms with Crippen LogP contribution in [-0.4, -0.2) is 35.8 Å². The van der Waals surface area contributed by atoms with E-state index in [4.69, 9.17) is 31.0 Å². The molecule has 0 radical (unpaired) electrons. The molecule has 168 valence electrons. The molecular formula is C25H22ClN3O3S. The van der Waals surface area contributed by atoms with Crippen LogP contribution in [0.3, 0.4) is 0 Å². The summed E-state index contributed by atoms with van der Waals surface area (Å²) in [6.07, 6.45) is 0.542. The van der Waals surface area contributed by atoms with Crippen molar-refractivity contribution in [3.8, 4) is 11.5 Å². The van der Waals surface area contributed by atoms with Gasteiger partial charge in [-0.15, -0.1) is 0 Å². The van der Waals surface area contributed by atoms with Crippen molar-refractivity contribution in [1.29, 1.82) is 0 Å². The first-order valence-electron chi connectivity index (χ1n) is 10.2. The first kappa shape index (κ1) is 22.9. The number of ether oxygens (including phenoxy) is 2. The highest BCUT2D eigenvalue weighted by molar-refractivity contribution is 8.00. The fraction of sp³-hybridized carbons (Fsp3) is 0.160. The highest BCUT2D eigenvalue weighted by Gasteiger charge is 2.15. The summed E-state index contributed by atoms with van der Waals surface area (Å²) < 4.78 is 10.6. The largest absolute Gasteiger partial charge is 0.496 e. The van der Waals surface area contributed by atoms with Gasteiger partial charge in [0.2, 0.25) is 5.91 Å². The van der Waals surface area contributed by atoms with Crippen LogP contribution in [0.4, 0.5) is 5.69 Å². The molecule has 0 unspecified atom stereocenters. The second-order valence-electron chi connectivity index (χ2n) is 7.14. The number of para-hydroxylation sites is 3.